The average Bonchev–Trinajstić information content (AvgIpc) is 2.46. The SMILES string of the molecule is COc1ccc(CCNC2CSCC(C)(C)C2)cc1OC. The van der Waals surface area contributed by atoms with Crippen LogP contribution in [0.2, 0.25) is 0 Å². The Morgan fingerprint density at radius 3 is 2.67 bits per heavy atom. The molecule has 1 fully saturated rings. The Balaban J connectivity index is 1.83. The molecular weight excluding hydrogens is 282 g/mol. The third kappa shape index (κ3) is 4.82. The second-order valence-electron chi connectivity index (χ2n) is 6.47. The summed E-state index contributed by atoms with van der Waals surface area (Å²) in [6, 6.07) is 6.80. The molecule has 0 aliphatic carbocycles. The standard InChI is InChI=1S/C17H27NO2S/c1-17(2)10-14(11-21-12-17)18-8-7-13-5-6-15(19-3)16(9-13)20-4/h5-6,9,14,18H,7-8,10-12H2,1-4H3. The van der Waals surface area contributed by atoms with E-state index in [1.807, 2.05) is 6.07 Å². The summed E-state index contributed by atoms with van der Waals surface area (Å²) in [5.74, 6) is 4.11. The van der Waals surface area contributed by atoms with Gasteiger partial charge in [0.05, 0.1) is 14.2 Å². The fourth-order valence-electron chi connectivity index (χ4n) is 2.85. The second-order valence-corrected chi connectivity index (χ2v) is 7.50. The lowest BCUT2D eigenvalue weighted by Crippen LogP contribution is -2.41. The molecule has 0 aromatic heterocycles. The molecular formula is C17H27NO2S. The minimum atomic E-state index is 0.462. The molecule has 1 aromatic carbocycles. The molecule has 4 heteroatoms. The Morgan fingerprint density at radius 2 is 2.00 bits per heavy atom. The number of ether oxygens (including phenoxy) is 2. The number of benzene rings is 1. The molecule has 1 aliphatic rings. The molecule has 3 nitrogen and oxygen atoms in total. The highest BCUT2D eigenvalue weighted by atomic mass is 32.2. The zero-order valence-corrected chi connectivity index (χ0v) is 14.4. The van der Waals surface area contributed by atoms with Gasteiger partial charge in [0.1, 0.15) is 0 Å². The van der Waals surface area contributed by atoms with Crippen LogP contribution in [0.3, 0.4) is 0 Å². The van der Waals surface area contributed by atoms with Gasteiger partial charge >= 0.3 is 0 Å². The molecule has 21 heavy (non-hydrogen) atoms. The zero-order valence-electron chi connectivity index (χ0n) is 13.6. The predicted octanol–water partition coefficient (Wildman–Crippen LogP) is 3.37. The van der Waals surface area contributed by atoms with E-state index < -0.39 is 0 Å². The van der Waals surface area contributed by atoms with Gasteiger partial charge in [0.2, 0.25) is 0 Å². The summed E-state index contributed by atoms with van der Waals surface area (Å²) in [6.07, 6.45) is 2.29. The molecule has 0 spiro atoms. The minimum absolute atomic E-state index is 0.462. The summed E-state index contributed by atoms with van der Waals surface area (Å²) in [5.41, 5.74) is 1.74. The van der Waals surface area contributed by atoms with Crippen LogP contribution in [0.15, 0.2) is 18.2 Å². The van der Waals surface area contributed by atoms with E-state index >= 15 is 0 Å². The van der Waals surface area contributed by atoms with Crippen LogP contribution in [0, 0.1) is 5.41 Å². The molecule has 1 heterocycles. The third-order valence-corrected chi connectivity index (χ3v) is 5.53. The molecule has 118 valence electrons. The smallest absolute Gasteiger partial charge is 0.160 e. The van der Waals surface area contributed by atoms with Gasteiger partial charge in [0.25, 0.3) is 0 Å². The Hall–Kier alpha value is -0.870. The Kier molecular flexibility index (Phi) is 5.82. The average molecular weight is 309 g/mol. The van der Waals surface area contributed by atoms with Crippen molar-refractivity contribution in [2.24, 2.45) is 5.41 Å². The van der Waals surface area contributed by atoms with E-state index in [9.17, 15) is 0 Å². The van der Waals surface area contributed by atoms with Crippen molar-refractivity contribution in [1.82, 2.24) is 5.32 Å². The first-order chi connectivity index (χ1) is 10.0. The normalized spacial score (nSPS) is 21.0. The van der Waals surface area contributed by atoms with Gasteiger partial charge in [0, 0.05) is 11.8 Å². The van der Waals surface area contributed by atoms with Crippen molar-refractivity contribution in [1.29, 1.82) is 0 Å². The van der Waals surface area contributed by atoms with Crippen molar-refractivity contribution in [2.75, 3.05) is 32.3 Å². The van der Waals surface area contributed by atoms with Crippen molar-refractivity contribution in [3.8, 4) is 11.5 Å². The topological polar surface area (TPSA) is 30.5 Å². The van der Waals surface area contributed by atoms with Crippen LogP contribution in [0.5, 0.6) is 11.5 Å². The van der Waals surface area contributed by atoms with Gasteiger partial charge < -0.3 is 14.8 Å². The quantitative estimate of drug-likeness (QED) is 0.873. The Morgan fingerprint density at radius 1 is 1.24 bits per heavy atom. The van der Waals surface area contributed by atoms with E-state index in [-0.39, 0.29) is 0 Å². The molecule has 1 aliphatic heterocycles. The molecule has 1 unspecified atom stereocenters. The first kappa shape index (κ1) is 16.5. The van der Waals surface area contributed by atoms with Crippen molar-refractivity contribution in [3.63, 3.8) is 0 Å². The van der Waals surface area contributed by atoms with Gasteiger partial charge in [-0.05, 0) is 48.3 Å². The summed E-state index contributed by atoms with van der Waals surface area (Å²) < 4.78 is 10.6. The van der Waals surface area contributed by atoms with Gasteiger partial charge in [-0.1, -0.05) is 19.9 Å². The molecule has 0 radical (unpaired) electrons. The second kappa shape index (κ2) is 7.41. The first-order valence-electron chi connectivity index (χ1n) is 7.56. The van der Waals surface area contributed by atoms with Gasteiger partial charge in [-0.15, -0.1) is 0 Å². The van der Waals surface area contributed by atoms with Crippen LogP contribution in [0.4, 0.5) is 0 Å². The van der Waals surface area contributed by atoms with Gasteiger partial charge in [-0.2, -0.15) is 11.8 Å². The summed E-state index contributed by atoms with van der Waals surface area (Å²) in [5, 5.41) is 3.70. The van der Waals surface area contributed by atoms with Crippen molar-refractivity contribution in [2.45, 2.75) is 32.7 Å². The number of hydrogen-bond donors (Lipinski definition) is 1. The van der Waals surface area contributed by atoms with Crippen LogP contribution in [-0.2, 0) is 6.42 Å². The van der Waals surface area contributed by atoms with Crippen molar-refractivity contribution < 1.29 is 9.47 Å². The fourth-order valence-corrected chi connectivity index (χ4v) is 4.16. The lowest BCUT2D eigenvalue weighted by molar-refractivity contribution is 0.319. The zero-order chi connectivity index (χ0) is 15.3. The molecule has 1 N–H and O–H groups in total. The monoisotopic (exact) mass is 309 g/mol. The van der Waals surface area contributed by atoms with Crippen molar-refractivity contribution >= 4 is 11.8 Å². The highest BCUT2D eigenvalue weighted by Gasteiger charge is 2.27. The van der Waals surface area contributed by atoms with E-state index in [1.165, 1.54) is 23.5 Å². The molecule has 1 saturated heterocycles. The molecule has 0 saturated carbocycles. The largest absolute Gasteiger partial charge is 0.493 e. The highest BCUT2D eigenvalue weighted by molar-refractivity contribution is 7.99. The Labute approximate surface area is 132 Å². The van der Waals surface area contributed by atoms with Gasteiger partial charge in [-0.25, -0.2) is 0 Å². The van der Waals surface area contributed by atoms with E-state index in [1.54, 1.807) is 14.2 Å². The summed E-state index contributed by atoms with van der Waals surface area (Å²) in [6.45, 7) is 5.74. The van der Waals surface area contributed by atoms with Crippen molar-refractivity contribution in [3.05, 3.63) is 23.8 Å². The highest BCUT2D eigenvalue weighted by Crippen LogP contribution is 2.33. The van der Waals surface area contributed by atoms with Gasteiger partial charge in [0.15, 0.2) is 11.5 Å². The van der Waals surface area contributed by atoms with Crippen LogP contribution in [0.25, 0.3) is 0 Å². The molecule has 0 bridgehead atoms. The summed E-state index contributed by atoms with van der Waals surface area (Å²) in [4.78, 5) is 0. The predicted molar refractivity (Wildman–Crippen MR) is 90.8 cm³/mol. The third-order valence-electron chi connectivity index (χ3n) is 3.91. The number of hydrogen-bond acceptors (Lipinski definition) is 4. The number of thioether (sulfide) groups is 1. The van der Waals surface area contributed by atoms with Gasteiger partial charge in [-0.3, -0.25) is 0 Å². The van der Waals surface area contributed by atoms with Crippen LogP contribution >= 0.6 is 11.8 Å². The summed E-state index contributed by atoms with van der Waals surface area (Å²) >= 11 is 2.07. The number of nitrogens with one attached hydrogen (secondary N) is 1. The van der Waals surface area contributed by atoms with E-state index in [0.29, 0.717) is 11.5 Å². The fraction of sp³-hybridized carbons (Fsp3) is 0.647. The van der Waals surface area contributed by atoms with E-state index in [2.05, 4.69) is 43.1 Å². The van der Waals surface area contributed by atoms with Crippen LogP contribution in [-0.4, -0.2) is 38.3 Å². The van der Waals surface area contributed by atoms with E-state index in [0.717, 1.165) is 24.5 Å². The maximum Gasteiger partial charge on any atom is 0.160 e. The molecule has 1 aromatic rings. The first-order valence-corrected chi connectivity index (χ1v) is 8.71. The van der Waals surface area contributed by atoms with Crippen LogP contribution < -0.4 is 14.8 Å². The van der Waals surface area contributed by atoms with E-state index in [4.69, 9.17) is 9.47 Å². The lowest BCUT2D eigenvalue weighted by atomic mass is 9.88. The number of methoxy groups -OCH3 is 2. The minimum Gasteiger partial charge on any atom is -0.493 e. The maximum absolute atomic E-state index is 5.35. The molecule has 2 rings (SSSR count). The maximum atomic E-state index is 5.35. The van der Waals surface area contributed by atoms with Crippen LogP contribution in [0.1, 0.15) is 25.8 Å². The number of rotatable bonds is 6. The molecule has 0 amide bonds. The molecule has 1 atom stereocenters. The Bertz CT molecular complexity index is 462. The summed E-state index contributed by atoms with van der Waals surface area (Å²) in [7, 11) is 3.35. The lowest BCUT2D eigenvalue weighted by Gasteiger charge is -2.35.